The zero-order valence-electron chi connectivity index (χ0n) is 12.0. The number of hydrogen-bond donors (Lipinski definition) is 1. The van der Waals surface area contributed by atoms with Crippen LogP contribution in [0.25, 0.3) is 0 Å². The first-order valence-electron chi connectivity index (χ1n) is 6.85. The molecule has 2 N–H and O–H groups in total. The first kappa shape index (κ1) is 14.5. The third kappa shape index (κ3) is 3.34. The van der Waals surface area contributed by atoms with E-state index in [4.69, 9.17) is 5.73 Å². The maximum atomic E-state index is 12.4. The fourth-order valence-corrected chi connectivity index (χ4v) is 3.25. The third-order valence-corrected chi connectivity index (χ3v) is 4.74. The number of carbonyl (C=O) groups is 1. The summed E-state index contributed by atoms with van der Waals surface area (Å²) in [7, 11) is 0. The highest BCUT2D eigenvalue weighted by molar-refractivity contribution is 7.09. The molecule has 4 nitrogen and oxygen atoms in total. The van der Waals surface area contributed by atoms with Crippen molar-refractivity contribution in [3.05, 3.63) is 16.1 Å². The molecule has 1 unspecified atom stereocenters. The molecule has 1 atom stereocenters. The predicted octanol–water partition coefficient (Wildman–Crippen LogP) is 2.15. The van der Waals surface area contributed by atoms with Crippen molar-refractivity contribution in [2.45, 2.75) is 33.6 Å². The topological polar surface area (TPSA) is 59.2 Å². The van der Waals surface area contributed by atoms with E-state index in [0.717, 1.165) is 30.9 Å². The Morgan fingerprint density at radius 1 is 1.58 bits per heavy atom. The number of carbonyl (C=O) groups excluding carboxylic acids is 1. The summed E-state index contributed by atoms with van der Waals surface area (Å²) < 4.78 is 0. The molecule has 0 saturated carbocycles. The minimum Gasteiger partial charge on any atom is -0.337 e. The summed E-state index contributed by atoms with van der Waals surface area (Å²) in [6.07, 6.45) is 1.84. The molecule has 19 heavy (non-hydrogen) atoms. The number of rotatable bonds is 3. The van der Waals surface area contributed by atoms with Crippen molar-refractivity contribution in [3.8, 4) is 0 Å². The highest BCUT2D eigenvalue weighted by Gasteiger charge is 2.34. The zero-order chi connectivity index (χ0) is 14.0. The van der Waals surface area contributed by atoms with E-state index in [1.165, 1.54) is 11.3 Å². The van der Waals surface area contributed by atoms with Gasteiger partial charge in [0, 0.05) is 24.9 Å². The summed E-state index contributed by atoms with van der Waals surface area (Å²) in [5.74, 6) is 0.657. The number of nitrogens with two attached hydrogens (primary N) is 1. The van der Waals surface area contributed by atoms with Gasteiger partial charge in [-0.05, 0) is 24.3 Å². The number of aromatic nitrogens is 1. The van der Waals surface area contributed by atoms with Crippen LogP contribution in [-0.2, 0) is 6.42 Å². The van der Waals surface area contributed by atoms with E-state index in [1.807, 2.05) is 10.3 Å². The average Bonchev–Trinajstić information content (AvgIpc) is 2.96. The number of hydrogen-bond acceptors (Lipinski definition) is 4. The van der Waals surface area contributed by atoms with Crippen LogP contribution in [0, 0.1) is 11.3 Å². The lowest BCUT2D eigenvalue weighted by molar-refractivity contribution is 0.0771. The lowest BCUT2D eigenvalue weighted by Gasteiger charge is -2.26. The second-order valence-corrected chi connectivity index (χ2v) is 7.21. The van der Waals surface area contributed by atoms with E-state index in [0.29, 0.717) is 18.2 Å². The molecule has 106 valence electrons. The minimum absolute atomic E-state index is 0.0753. The van der Waals surface area contributed by atoms with Crippen LogP contribution in [0.15, 0.2) is 5.38 Å². The lowest BCUT2D eigenvalue weighted by Crippen LogP contribution is -2.31. The van der Waals surface area contributed by atoms with Crippen LogP contribution in [0.4, 0.5) is 0 Å². The van der Waals surface area contributed by atoms with Crippen molar-refractivity contribution in [2.24, 2.45) is 17.1 Å². The Kier molecular flexibility index (Phi) is 4.26. The van der Waals surface area contributed by atoms with Gasteiger partial charge in [-0.1, -0.05) is 20.8 Å². The molecule has 2 heterocycles. The van der Waals surface area contributed by atoms with E-state index in [-0.39, 0.29) is 11.3 Å². The Morgan fingerprint density at radius 3 is 2.89 bits per heavy atom. The number of nitrogens with zero attached hydrogens (tertiary/aromatic N) is 2. The highest BCUT2D eigenvalue weighted by Crippen LogP contribution is 2.34. The summed E-state index contributed by atoms with van der Waals surface area (Å²) >= 11 is 1.53. The van der Waals surface area contributed by atoms with Crippen molar-refractivity contribution < 1.29 is 4.79 Å². The Labute approximate surface area is 119 Å². The van der Waals surface area contributed by atoms with Gasteiger partial charge in [-0.25, -0.2) is 4.98 Å². The minimum atomic E-state index is 0.0753. The molecule has 0 spiro atoms. The van der Waals surface area contributed by atoms with Gasteiger partial charge in [0.05, 0.1) is 5.01 Å². The molecular weight excluding hydrogens is 258 g/mol. The maximum Gasteiger partial charge on any atom is 0.273 e. The van der Waals surface area contributed by atoms with Gasteiger partial charge in [0.15, 0.2) is 0 Å². The summed E-state index contributed by atoms with van der Waals surface area (Å²) in [4.78, 5) is 18.7. The Hall–Kier alpha value is -0.940. The molecule has 5 heteroatoms. The van der Waals surface area contributed by atoms with E-state index in [1.54, 1.807) is 0 Å². The van der Waals surface area contributed by atoms with Gasteiger partial charge >= 0.3 is 0 Å². The van der Waals surface area contributed by atoms with Gasteiger partial charge in [0.1, 0.15) is 5.69 Å². The third-order valence-electron chi connectivity index (χ3n) is 3.83. The molecule has 0 aliphatic carbocycles. The van der Waals surface area contributed by atoms with Crippen LogP contribution in [0.3, 0.4) is 0 Å². The smallest absolute Gasteiger partial charge is 0.273 e. The summed E-state index contributed by atoms with van der Waals surface area (Å²) in [6, 6.07) is 0. The fourth-order valence-electron chi connectivity index (χ4n) is 2.46. The lowest BCUT2D eigenvalue weighted by atomic mass is 9.80. The van der Waals surface area contributed by atoms with E-state index >= 15 is 0 Å². The molecule has 1 aliphatic heterocycles. The van der Waals surface area contributed by atoms with Gasteiger partial charge in [0.2, 0.25) is 0 Å². The summed E-state index contributed by atoms with van der Waals surface area (Å²) in [5.41, 5.74) is 6.36. The second kappa shape index (κ2) is 5.59. The first-order chi connectivity index (χ1) is 8.91. The Bertz CT molecular complexity index is 450. The largest absolute Gasteiger partial charge is 0.337 e. The standard InChI is InChI=1S/C14H23N3OS/c1-14(2,3)10-5-7-17(8-10)13(18)11-9-19-12(16-11)4-6-15/h9-10H,4-8,15H2,1-3H3. The van der Waals surface area contributed by atoms with Crippen molar-refractivity contribution in [3.63, 3.8) is 0 Å². The molecule has 1 aliphatic rings. The van der Waals surface area contributed by atoms with Gasteiger partial charge in [0.25, 0.3) is 5.91 Å². The monoisotopic (exact) mass is 281 g/mol. The van der Waals surface area contributed by atoms with E-state index in [9.17, 15) is 4.79 Å². The Balaban J connectivity index is 2.00. The Morgan fingerprint density at radius 2 is 2.32 bits per heavy atom. The molecule has 1 aromatic heterocycles. The molecule has 2 rings (SSSR count). The molecule has 1 amide bonds. The van der Waals surface area contributed by atoms with E-state index < -0.39 is 0 Å². The first-order valence-corrected chi connectivity index (χ1v) is 7.73. The van der Waals surface area contributed by atoms with Crippen molar-refractivity contribution in [1.82, 2.24) is 9.88 Å². The predicted molar refractivity (Wildman–Crippen MR) is 78.3 cm³/mol. The van der Waals surface area contributed by atoms with Gasteiger partial charge in [-0.2, -0.15) is 0 Å². The molecule has 1 saturated heterocycles. The van der Waals surface area contributed by atoms with Crippen molar-refractivity contribution in [1.29, 1.82) is 0 Å². The molecule has 1 aromatic rings. The van der Waals surface area contributed by atoms with E-state index in [2.05, 4.69) is 25.8 Å². The van der Waals surface area contributed by atoms with Gasteiger partial charge in [-0.3, -0.25) is 4.79 Å². The van der Waals surface area contributed by atoms with Crippen LogP contribution in [0.5, 0.6) is 0 Å². The SMILES string of the molecule is CC(C)(C)C1CCN(C(=O)c2csc(CCN)n2)C1. The summed E-state index contributed by atoms with van der Waals surface area (Å²) in [5, 5.41) is 2.81. The average molecular weight is 281 g/mol. The van der Waals surface area contributed by atoms with Crippen LogP contribution in [0.1, 0.15) is 42.7 Å². The van der Waals surface area contributed by atoms with Crippen LogP contribution in [0.2, 0.25) is 0 Å². The quantitative estimate of drug-likeness (QED) is 0.923. The number of amides is 1. The number of thiazole rings is 1. The molecule has 0 aromatic carbocycles. The number of likely N-dealkylation sites (tertiary alicyclic amines) is 1. The van der Waals surface area contributed by atoms with Crippen molar-refractivity contribution in [2.75, 3.05) is 19.6 Å². The molecule has 1 fully saturated rings. The van der Waals surface area contributed by atoms with Crippen molar-refractivity contribution >= 4 is 17.2 Å². The van der Waals surface area contributed by atoms with Crippen LogP contribution < -0.4 is 5.73 Å². The fraction of sp³-hybridized carbons (Fsp3) is 0.714. The maximum absolute atomic E-state index is 12.4. The molecular formula is C14H23N3OS. The second-order valence-electron chi connectivity index (χ2n) is 6.27. The van der Waals surface area contributed by atoms with Crippen LogP contribution >= 0.6 is 11.3 Å². The highest BCUT2D eigenvalue weighted by atomic mass is 32.1. The van der Waals surface area contributed by atoms with Gasteiger partial charge in [-0.15, -0.1) is 11.3 Å². The zero-order valence-corrected chi connectivity index (χ0v) is 12.8. The van der Waals surface area contributed by atoms with Crippen LogP contribution in [-0.4, -0.2) is 35.4 Å². The summed E-state index contributed by atoms with van der Waals surface area (Å²) in [6.45, 7) is 9.02. The molecule has 0 radical (unpaired) electrons. The molecule has 0 bridgehead atoms. The van der Waals surface area contributed by atoms with Gasteiger partial charge < -0.3 is 10.6 Å². The normalized spacial score (nSPS) is 20.0.